The van der Waals surface area contributed by atoms with E-state index in [2.05, 4.69) is 20.3 Å². The highest BCUT2D eigenvalue weighted by Crippen LogP contribution is 2.30. The van der Waals surface area contributed by atoms with Gasteiger partial charge in [-0.25, -0.2) is 9.97 Å². The Morgan fingerprint density at radius 3 is 2.43 bits per heavy atom. The lowest BCUT2D eigenvalue weighted by molar-refractivity contribution is 0.482. The van der Waals surface area contributed by atoms with E-state index in [-0.39, 0.29) is 5.95 Å². The number of hydrogen-bond donors (Lipinski definition) is 2. The lowest BCUT2D eigenvalue weighted by Crippen LogP contribution is -2.02. The first-order valence-electron chi connectivity index (χ1n) is 8.52. The van der Waals surface area contributed by atoms with Crippen molar-refractivity contribution in [2.45, 2.75) is 0 Å². The van der Waals surface area contributed by atoms with E-state index in [4.69, 9.17) is 22.1 Å². The van der Waals surface area contributed by atoms with Gasteiger partial charge < -0.3 is 15.8 Å². The molecule has 0 saturated carbocycles. The molecule has 0 atom stereocenters. The Hall–Kier alpha value is -3.64. The maximum atomic E-state index is 5.88. The largest absolute Gasteiger partial charge is 0.457 e. The first-order valence-corrected chi connectivity index (χ1v) is 8.89. The molecule has 2 heterocycles. The second-order valence-corrected chi connectivity index (χ2v) is 6.31. The summed E-state index contributed by atoms with van der Waals surface area (Å²) in [5.41, 5.74) is 8.49. The molecule has 138 valence electrons. The van der Waals surface area contributed by atoms with Crippen LogP contribution in [0.3, 0.4) is 0 Å². The number of anilines is 3. The lowest BCUT2D eigenvalue weighted by atomic mass is 10.1. The van der Waals surface area contributed by atoms with E-state index in [0.29, 0.717) is 22.5 Å². The summed E-state index contributed by atoms with van der Waals surface area (Å²) in [7, 11) is 0. The van der Waals surface area contributed by atoms with Crippen LogP contribution in [0.5, 0.6) is 11.5 Å². The molecule has 7 heteroatoms. The topological polar surface area (TPSA) is 86.0 Å². The molecule has 2 aromatic carbocycles. The molecule has 4 aromatic rings. The first-order chi connectivity index (χ1) is 13.7. The SMILES string of the molecule is Nc1ncc(-c2ccccc2)c(Nc2ccc(Oc3ccnc(Cl)c3)cc2)n1. The zero-order valence-corrected chi connectivity index (χ0v) is 15.5. The van der Waals surface area contributed by atoms with Gasteiger partial charge in [0, 0.05) is 29.7 Å². The fraction of sp³-hybridized carbons (Fsp3) is 0. The average Bonchev–Trinajstić information content (AvgIpc) is 2.70. The second kappa shape index (κ2) is 7.94. The Morgan fingerprint density at radius 2 is 1.68 bits per heavy atom. The van der Waals surface area contributed by atoms with Crippen LogP contribution in [0.4, 0.5) is 17.5 Å². The van der Waals surface area contributed by atoms with Gasteiger partial charge in [0.05, 0.1) is 0 Å². The van der Waals surface area contributed by atoms with Crippen LogP contribution in [-0.2, 0) is 0 Å². The van der Waals surface area contributed by atoms with Crippen molar-refractivity contribution in [3.05, 3.63) is 84.3 Å². The van der Waals surface area contributed by atoms with Gasteiger partial charge in [-0.05, 0) is 35.9 Å². The van der Waals surface area contributed by atoms with Gasteiger partial charge in [0.25, 0.3) is 0 Å². The number of pyridine rings is 1. The van der Waals surface area contributed by atoms with E-state index >= 15 is 0 Å². The van der Waals surface area contributed by atoms with Crippen molar-refractivity contribution in [1.29, 1.82) is 0 Å². The number of halogens is 1. The minimum atomic E-state index is 0.205. The summed E-state index contributed by atoms with van der Waals surface area (Å²) in [4.78, 5) is 12.4. The van der Waals surface area contributed by atoms with Gasteiger partial charge in [0.2, 0.25) is 5.95 Å². The predicted octanol–water partition coefficient (Wildman–Crippen LogP) is 5.31. The Kier molecular flexibility index (Phi) is 5.03. The minimum absolute atomic E-state index is 0.205. The van der Waals surface area contributed by atoms with Gasteiger partial charge in [0.1, 0.15) is 22.5 Å². The van der Waals surface area contributed by atoms with Crippen LogP contribution in [0, 0.1) is 0 Å². The van der Waals surface area contributed by atoms with Crippen molar-refractivity contribution in [2.24, 2.45) is 0 Å². The molecule has 0 radical (unpaired) electrons. The highest BCUT2D eigenvalue weighted by atomic mass is 35.5. The summed E-state index contributed by atoms with van der Waals surface area (Å²) in [6, 6.07) is 20.8. The minimum Gasteiger partial charge on any atom is -0.457 e. The van der Waals surface area contributed by atoms with Crippen LogP contribution in [0.15, 0.2) is 79.1 Å². The number of nitrogens with zero attached hydrogens (tertiary/aromatic N) is 3. The third-order valence-electron chi connectivity index (χ3n) is 3.94. The number of benzene rings is 2. The molecule has 4 rings (SSSR count). The van der Waals surface area contributed by atoms with Gasteiger partial charge >= 0.3 is 0 Å². The number of aromatic nitrogens is 3. The molecular weight excluding hydrogens is 374 g/mol. The van der Waals surface area contributed by atoms with Crippen LogP contribution in [0.1, 0.15) is 0 Å². The highest BCUT2D eigenvalue weighted by Gasteiger charge is 2.09. The second-order valence-electron chi connectivity index (χ2n) is 5.92. The number of hydrogen-bond acceptors (Lipinski definition) is 6. The molecule has 0 aliphatic rings. The van der Waals surface area contributed by atoms with E-state index in [1.165, 1.54) is 0 Å². The summed E-state index contributed by atoms with van der Waals surface area (Å²) in [5.74, 6) is 2.14. The number of nitrogens with one attached hydrogen (secondary N) is 1. The summed E-state index contributed by atoms with van der Waals surface area (Å²) in [6.07, 6.45) is 3.31. The molecule has 0 amide bonds. The molecule has 0 aliphatic carbocycles. The van der Waals surface area contributed by atoms with Gasteiger partial charge in [-0.15, -0.1) is 0 Å². The molecule has 0 bridgehead atoms. The van der Waals surface area contributed by atoms with E-state index < -0.39 is 0 Å². The van der Waals surface area contributed by atoms with Crippen molar-refractivity contribution in [1.82, 2.24) is 15.0 Å². The van der Waals surface area contributed by atoms with E-state index in [0.717, 1.165) is 16.8 Å². The zero-order chi connectivity index (χ0) is 19.3. The van der Waals surface area contributed by atoms with Gasteiger partial charge in [-0.3, -0.25) is 0 Å². The third-order valence-corrected chi connectivity index (χ3v) is 4.15. The molecule has 28 heavy (non-hydrogen) atoms. The maximum Gasteiger partial charge on any atom is 0.221 e. The standard InChI is InChI=1S/C21H16ClN5O/c22-19-12-17(10-11-24-19)28-16-8-6-15(7-9-16)26-20-18(13-25-21(23)27-20)14-4-2-1-3-5-14/h1-13H,(H3,23,25,26,27). The average molecular weight is 390 g/mol. The summed E-state index contributed by atoms with van der Waals surface area (Å²) in [5, 5.41) is 3.67. The van der Waals surface area contributed by atoms with Crippen LogP contribution in [0.2, 0.25) is 5.15 Å². The molecule has 0 spiro atoms. The molecule has 0 aliphatic heterocycles. The monoisotopic (exact) mass is 389 g/mol. The van der Waals surface area contributed by atoms with Crippen LogP contribution in [0.25, 0.3) is 11.1 Å². The molecule has 2 aromatic heterocycles. The van der Waals surface area contributed by atoms with E-state index in [1.807, 2.05) is 54.6 Å². The number of ether oxygens (including phenoxy) is 1. The van der Waals surface area contributed by atoms with Gasteiger partial charge in [-0.1, -0.05) is 41.9 Å². The normalized spacial score (nSPS) is 10.5. The van der Waals surface area contributed by atoms with Crippen molar-refractivity contribution in [3.63, 3.8) is 0 Å². The summed E-state index contributed by atoms with van der Waals surface area (Å²) < 4.78 is 5.78. The van der Waals surface area contributed by atoms with Crippen molar-refractivity contribution < 1.29 is 4.74 Å². The van der Waals surface area contributed by atoms with Crippen LogP contribution in [-0.4, -0.2) is 15.0 Å². The maximum absolute atomic E-state index is 5.88. The Morgan fingerprint density at radius 1 is 0.893 bits per heavy atom. The molecule has 3 N–H and O–H groups in total. The van der Waals surface area contributed by atoms with E-state index in [1.54, 1.807) is 24.5 Å². The molecule has 6 nitrogen and oxygen atoms in total. The van der Waals surface area contributed by atoms with Crippen molar-refractivity contribution in [2.75, 3.05) is 11.1 Å². The summed E-state index contributed by atoms with van der Waals surface area (Å²) >= 11 is 5.88. The number of nitrogen functional groups attached to an aromatic ring is 1. The number of rotatable bonds is 5. The Balaban J connectivity index is 1.56. The summed E-state index contributed by atoms with van der Waals surface area (Å²) in [6.45, 7) is 0. The van der Waals surface area contributed by atoms with Gasteiger partial charge in [0.15, 0.2) is 0 Å². The Labute approximate surface area is 167 Å². The smallest absolute Gasteiger partial charge is 0.221 e. The highest BCUT2D eigenvalue weighted by molar-refractivity contribution is 6.29. The third kappa shape index (κ3) is 4.19. The fourth-order valence-electron chi connectivity index (χ4n) is 2.65. The molecule has 0 saturated heterocycles. The van der Waals surface area contributed by atoms with Crippen LogP contribution >= 0.6 is 11.6 Å². The molecular formula is C21H16ClN5O. The quantitative estimate of drug-likeness (QED) is 0.450. The first kappa shape index (κ1) is 17.8. The molecule has 0 fully saturated rings. The Bertz CT molecular complexity index is 1090. The predicted molar refractivity (Wildman–Crippen MR) is 111 cm³/mol. The van der Waals surface area contributed by atoms with Crippen molar-refractivity contribution >= 4 is 29.1 Å². The number of nitrogens with two attached hydrogens (primary N) is 1. The fourth-order valence-corrected chi connectivity index (χ4v) is 2.81. The van der Waals surface area contributed by atoms with Crippen molar-refractivity contribution in [3.8, 4) is 22.6 Å². The van der Waals surface area contributed by atoms with Crippen LogP contribution < -0.4 is 15.8 Å². The lowest BCUT2D eigenvalue weighted by Gasteiger charge is -2.12. The van der Waals surface area contributed by atoms with Gasteiger partial charge in [-0.2, -0.15) is 4.98 Å². The molecule has 0 unspecified atom stereocenters. The zero-order valence-electron chi connectivity index (χ0n) is 14.7. The van der Waals surface area contributed by atoms with E-state index in [9.17, 15) is 0 Å².